The highest BCUT2D eigenvalue weighted by molar-refractivity contribution is 9.10. The summed E-state index contributed by atoms with van der Waals surface area (Å²) in [6, 6.07) is 5.70. The van der Waals surface area contributed by atoms with Gasteiger partial charge in [-0.05, 0) is 41.1 Å². The van der Waals surface area contributed by atoms with Gasteiger partial charge in [0.05, 0.1) is 6.20 Å². The van der Waals surface area contributed by atoms with Gasteiger partial charge in [0.1, 0.15) is 0 Å². The van der Waals surface area contributed by atoms with Gasteiger partial charge < -0.3 is 5.32 Å². The summed E-state index contributed by atoms with van der Waals surface area (Å²) in [5.41, 5.74) is 3.38. The molecule has 0 unspecified atom stereocenters. The van der Waals surface area contributed by atoms with E-state index in [4.69, 9.17) is 11.6 Å². The number of anilines is 1. The van der Waals surface area contributed by atoms with Gasteiger partial charge in [0.25, 0.3) is 0 Å². The van der Waals surface area contributed by atoms with E-state index >= 15 is 0 Å². The zero-order chi connectivity index (χ0) is 12.4. The Kier molecular flexibility index (Phi) is 3.74. The molecule has 1 heterocycles. The molecule has 0 saturated heterocycles. The molecular formula is C12H13BrClN3. The predicted molar refractivity (Wildman–Crippen MR) is 74.4 cm³/mol. The van der Waals surface area contributed by atoms with Crippen LogP contribution in [-0.4, -0.2) is 9.78 Å². The molecule has 0 bridgehead atoms. The molecule has 90 valence electrons. The van der Waals surface area contributed by atoms with E-state index in [0.717, 1.165) is 21.7 Å². The van der Waals surface area contributed by atoms with Crippen LogP contribution in [0.25, 0.3) is 0 Å². The monoisotopic (exact) mass is 313 g/mol. The molecule has 2 rings (SSSR count). The highest BCUT2D eigenvalue weighted by Gasteiger charge is 2.05. The van der Waals surface area contributed by atoms with Crippen LogP contribution in [-0.2, 0) is 13.6 Å². The quantitative estimate of drug-likeness (QED) is 0.935. The van der Waals surface area contributed by atoms with Crippen molar-refractivity contribution in [2.45, 2.75) is 13.5 Å². The van der Waals surface area contributed by atoms with Gasteiger partial charge in [0.15, 0.2) is 0 Å². The lowest BCUT2D eigenvalue weighted by Crippen LogP contribution is -2.01. The molecule has 0 spiro atoms. The Morgan fingerprint density at radius 2 is 2.24 bits per heavy atom. The van der Waals surface area contributed by atoms with Crippen molar-refractivity contribution in [3.63, 3.8) is 0 Å². The Labute approximate surface area is 114 Å². The number of nitrogens with one attached hydrogen (secondary N) is 1. The molecule has 0 aliphatic heterocycles. The fourth-order valence-electron chi connectivity index (χ4n) is 1.54. The molecule has 0 saturated carbocycles. The van der Waals surface area contributed by atoms with Gasteiger partial charge in [-0.15, -0.1) is 0 Å². The first-order chi connectivity index (χ1) is 8.08. The van der Waals surface area contributed by atoms with Gasteiger partial charge in [0.2, 0.25) is 0 Å². The van der Waals surface area contributed by atoms with E-state index in [1.54, 1.807) is 0 Å². The van der Waals surface area contributed by atoms with Crippen LogP contribution in [0.2, 0.25) is 5.02 Å². The van der Waals surface area contributed by atoms with Crippen molar-refractivity contribution in [1.82, 2.24) is 9.78 Å². The highest BCUT2D eigenvalue weighted by atomic mass is 79.9. The van der Waals surface area contributed by atoms with Crippen molar-refractivity contribution in [2.75, 3.05) is 5.32 Å². The second-order valence-electron chi connectivity index (χ2n) is 3.86. The fraction of sp³-hybridized carbons (Fsp3) is 0.250. The molecular weight excluding hydrogens is 302 g/mol. The molecule has 3 nitrogen and oxygen atoms in total. The molecule has 0 radical (unpaired) electrons. The van der Waals surface area contributed by atoms with E-state index in [1.165, 1.54) is 11.3 Å². The maximum Gasteiger partial charge on any atom is 0.0542 e. The Bertz CT molecular complexity index is 537. The van der Waals surface area contributed by atoms with E-state index in [-0.39, 0.29) is 0 Å². The lowest BCUT2D eigenvalue weighted by molar-refractivity contribution is 0.738. The molecule has 5 heteroatoms. The van der Waals surface area contributed by atoms with Crippen molar-refractivity contribution in [1.29, 1.82) is 0 Å². The highest BCUT2D eigenvalue weighted by Crippen LogP contribution is 2.26. The largest absolute Gasteiger partial charge is 0.380 e. The molecule has 0 aliphatic carbocycles. The number of hydrogen-bond acceptors (Lipinski definition) is 2. The lowest BCUT2D eigenvalue weighted by atomic mass is 10.2. The van der Waals surface area contributed by atoms with Crippen LogP contribution < -0.4 is 5.32 Å². The Hall–Kier alpha value is -1.00. The van der Waals surface area contributed by atoms with Crippen molar-refractivity contribution in [2.24, 2.45) is 7.05 Å². The van der Waals surface area contributed by atoms with Crippen LogP contribution in [0, 0.1) is 6.92 Å². The smallest absolute Gasteiger partial charge is 0.0542 e. The Morgan fingerprint density at radius 3 is 2.82 bits per heavy atom. The Morgan fingerprint density at radius 1 is 1.47 bits per heavy atom. The van der Waals surface area contributed by atoms with E-state index in [1.807, 2.05) is 36.1 Å². The number of halogens is 2. The Balaban J connectivity index is 2.10. The average Bonchev–Trinajstić information content (AvgIpc) is 2.59. The topological polar surface area (TPSA) is 29.9 Å². The second-order valence-corrected chi connectivity index (χ2v) is 5.15. The van der Waals surface area contributed by atoms with Crippen LogP contribution in [0.15, 0.2) is 28.9 Å². The minimum Gasteiger partial charge on any atom is -0.380 e. The summed E-state index contributed by atoms with van der Waals surface area (Å²) in [6.07, 6.45) is 1.88. The zero-order valence-corrected chi connectivity index (χ0v) is 12.0. The summed E-state index contributed by atoms with van der Waals surface area (Å²) in [5.74, 6) is 0. The number of hydrogen-bond donors (Lipinski definition) is 1. The van der Waals surface area contributed by atoms with Crippen LogP contribution in [0.5, 0.6) is 0 Å². The van der Waals surface area contributed by atoms with Crippen LogP contribution in [0.1, 0.15) is 11.3 Å². The van der Waals surface area contributed by atoms with E-state index in [9.17, 15) is 0 Å². The van der Waals surface area contributed by atoms with E-state index < -0.39 is 0 Å². The molecule has 17 heavy (non-hydrogen) atoms. The van der Waals surface area contributed by atoms with Gasteiger partial charge >= 0.3 is 0 Å². The minimum atomic E-state index is 0.722. The molecule has 0 fully saturated rings. The molecule has 0 aliphatic rings. The molecule has 1 aromatic carbocycles. The maximum absolute atomic E-state index is 5.89. The first-order valence-corrected chi connectivity index (χ1v) is 6.41. The molecule has 0 atom stereocenters. The summed E-state index contributed by atoms with van der Waals surface area (Å²) < 4.78 is 2.83. The van der Waals surface area contributed by atoms with Gasteiger partial charge in [0, 0.05) is 40.0 Å². The number of nitrogens with zero attached hydrogens (tertiary/aromatic N) is 2. The third kappa shape index (κ3) is 2.82. The third-order valence-corrected chi connectivity index (χ3v) is 3.63. The minimum absolute atomic E-state index is 0.722. The standard InChI is InChI=1S/C12H13BrClN3/c1-8-9(7-16-17(8)2)6-15-12-4-3-10(14)5-11(12)13/h3-5,7,15H,6H2,1-2H3. The summed E-state index contributed by atoms with van der Waals surface area (Å²) in [4.78, 5) is 0. The van der Waals surface area contributed by atoms with Crippen LogP contribution in [0.4, 0.5) is 5.69 Å². The third-order valence-electron chi connectivity index (χ3n) is 2.74. The number of aryl methyl sites for hydroxylation is 1. The molecule has 1 aromatic heterocycles. The molecule has 2 aromatic rings. The van der Waals surface area contributed by atoms with E-state index in [2.05, 4.69) is 33.3 Å². The predicted octanol–water partition coefficient (Wildman–Crippen LogP) is 3.76. The first-order valence-electron chi connectivity index (χ1n) is 5.24. The first kappa shape index (κ1) is 12.5. The number of benzene rings is 1. The van der Waals surface area contributed by atoms with Crippen molar-refractivity contribution < 1.29 is 0 Å². The SMILES string of the molecule is Cc1c(CNc2ccc(Cl)cc2Br)cnn1C. The summed E-state index contributed by atoms with van der Waals surface area (Å²) in [6.45, 7) is 2.81. The van der Waals surface area contributed by atoms with E-state index in [0.29, 0.717) is 0 Å². The fourth-order valence-corrected chi connectivity index (χ4v) is 2.36. The number of aromatic nitrogens is 2. The lowest BCUT2D eigenvalue weighted by Gasteiger charge is -2.08. The molecule has 0 amide bonds. The summed E-state index contributed by atoms with van der Waals surface area (Å²) in [5, 5.41) is 8.28. The van der Waals surface area contributed by atoms with Gasteiger partial charge in [-0.2, -0.15) is 5.10 Å². The summed E-state index contributed by atoms with van der Waals surface area (Å²) >= 11 is 9.37. The second kappa shape index (κ2) is 5.10. The average molecular weight is 315 g/mol. The summed E-state index contributed by atoms with van der Waals surface area (Å²) in [7, 11) is 1.94. The van der Waals surface area contributed by atoms with Gasteiger partial charge in [-0.1, -0.05) is 11.6 Å². The normalized spacial score (nSPS) is 10.6. The van der Waals surface area contributed by atoms with Crippen LogP contribution in [0.3, 0.4) is 0 Å². The zero-order valence-electron chi connectivity index (χ0n) is 9.67. The van der Waals surface area contributed by atoms with Gasteiger partial charge in [-0.3, -0.25) is 4.68 Å². The van der Waals surface area contributed by atoms with Crippen LogP contribution >= 0.6 is 27.5 Å². The van der Waals surface area contributed by atoms with Gasteiger partial charge in [-0.25, -0.2) is 0 Å². The van der Waals surface area contributed by atoms with Crippen molar-refractivity contribution in [3.05, 3.63) is 45.1 Å². The van der Waals surface area contributed by atoms with Crippen molar-refractivity contribution in [3.8, 4) is 0 Å². The number of rotatable bonds is 3. The molecule has 1 N–H and O–H groups in total. The van der Waals surface area contributed by atoms with Crippen molar-refractivity contribution >= 4 is 33.2 Å². The maximum atomic E-state index is 5.89.